The summed E-state index contributed by atoms with van der Waals surface area (Å²) < 4.78 is 16.9. The van der Waals surface area contributed by atoms with Crippen molar-refractivity contribution < 1.29 is 13.3 Å². The fraction of sp³-hybridized carbons (Fsp3) is 1.00. The Morgan fingerprint density at radius 1 is 0.933 bits per heavy atom. The van der Waals surface area contributed by atoms with Crippen LogP contribution in [0.5, 0.6) is 0 Å². The van der Waals surface area contributed by atoms with Gasteiger partial charge < -0.3 is 24.7 Å². The Bertz CT molecular complexity index is 152. The zero-order valence-electron chi connectivity index (χ0n) is 10.2. The maximum absolute atomic E-state index is 6.02. The van der Waals surface area contributed by atoms with Gasteiger partial charge in [-0.15, -0.1) is 0 Å². The van der Waals surface area contributed by atoms with Crippen molar-refractivity contribution in [1.82, 2.24) is 0 Å². The summed E-state index contributed by atoms with van der Waals surface area (Å²) in [4.78, 5) is 0. The monoisotopic (exact) mass is 236 g/mol. The fourth-order valence-corrected chi connectivity index (χ4v) is 4.02. The van der Waals surface area contributed by atoms with Gasteiger partial charge in [0.1, 0.15) is 0 Å². The molecule has 0 aliphatic heterocycles. The van der Waals surface area contributed by atoms with Crippen molar-refractivity contribution in [3.05, 3.63) is 0 Å². The maximum atomic E-state index is 6.02. The van der Waals surface area contributed by atoms with Crippen molar-refractivity contribution in [2.24, 2.45) is 11.5 Å². The molecule has 0 spiro atoms. The molecule has 0 aromatic carbocycles. The van der Waals surface area contributed by atoms with E-state index in [0.29, 0.717) is 19.8 Å². The first-order valence-electron chi connectivity index (χ1n) is 5.47. The smallest absolute Gasteiger partial charge is 0.373 e. The predicted molar refractivity (Wildman–Crippen MR) is 62.3 cm³/mol. The molecule has 0 aliphatic rings. The molecule has 0 fully saturated rings. The van der Waals surface area contributed by atoms with Crippen LogP contribution >= 0.6 is 0 Å². The quantitative estimate of drug-likeness (QED) is 0.591. The summed E-state index contributed by atoms with van der Waals surface area (Å²) in [6.45, 7) is 9.09. The van der Waals surface area contributed by atoms with Crippen LogP contribution in [-0.4, -0.2) is 40.3 Å². The highest BCUT2D eigenvalue weighted by Gasteiger charge is 2.49. The van der Waals surface area contributed by atoms with E-state index in [9.17, 15) is 0 Å². The summed E-state index contributed by atoms with van der Waals surface area (Å²) in [5.74, 6) is 0. The number of nitrogens with two attached hydrogens (primary N) is 2. The zero-order chi connectivity index (χ0) is 11.9. The average Bonchev–Trinajstić information content (AvgIpc) is 2.17. The molecule has 92 valence electrons. The van der Waals surface area contributed by atoms with Gasteiger partial charge >= 0.3 is 8.80 Å². The van der Waals surface area contributed by atoms with E-state index in [2.05, 4.69) is 0 Å². The van der Waals surface area contributed by atoms with E-state index in [4.69, 9.17) is 24.7 Å². The van der Waals surface area contributed by atoms with E-state index < -0.39 is 8.80 Å². The van der Waals surface area contributed by atoms with E-state index in [-0.39, 0.29) is 11.7 Å². The molecule has 0 radical (unpaired) electrons. The summed E-state index contributed by atoms with van der Waals surface area (Å²) in [6, 6.07) is -0.207. The van der Waals surface area contributed by atoms with Gasteiger partial charge in [0.15, 0.2) is 0 Å². The van der Waals surface area contributed by atoms with E-state index in [1.54, 1.807) is 0 Å². The maximum Gasteiger partial charge on any atom is 0.520 e. The standard InChI is InChI=1S/C9H24N2O3Si/c1-5-12-15(13-6-2,14-7-3)9(11)8(4)10/h8-9H,5-7,10-11H2,1-4H3. The normalized spacial score (nSPS) is 16.4. The molecule has 0 rings (SSSR count). The second-order valence-corrected chi connectivity index (χ2v) is 6.03. The first kappa shape index (κ1) is 15.0. The molecule has 0 amide bonds. The molecule has 5 nitrogen and oxygen atoms in total. The SMILES string of the molecule is CCO[Si](OCC)(OCC)C(N)C(C)N. The lowest BCUT2D eigenvalue weighted by molar-refractivity contribution is 0.0601. The van der Waals surface area contributed by atoms with Crippen LogP contribution in [0.3, 0.4) is 0 Å². The minimum atomic E-state index is -2.81. The molecule has 0 saturated heterocycles. The molecule has 2 unspecified atom stereocenters. The van der Waals surface area contributed by atoms with Crippen LogP contribution in [-0.2, 0) is 13.3 Å². The minimum absolute atomic E-state index is 0.207. The molecule has 6 heteroatoms. The summed E-state index contributed by atoms with van der Waals surface area (Å²) in [6.07, 6.45) is 0. The summed E-state index contributed by atoms with van der Waals surface area (Å²) in [5.41, 5.74) is 11.4. The van der Waals surface area contributed by atoms with Crippen molar-refractivity contribution in [2.45, 2.75) is 39.4 Å². The van der Waals surface area contributed by atoms with Gasteiger partial charge in [-0.2, -0.15) is 0 Å². The molecule has 0 heterocycles. The fourth-order valence-electron chi connectivity index (χ4n) is 1.34. The van der Waals surface area contributed by atoms with Crippen molar-refractivity contribution in [3.63, 3.8) is 0 Å². The van der Waals surface area contributed by atoms with Crippen molar-refractivity contribution in [3.8, 4) is 0 Å². The summed E-state index contributed by atoms with van der Waals surface area (Å²) in [7, 11) is -2.81. The second kappa shape index (κ2) is 7.32. The van der Waals surface area contributed by atoms with Crippen LogP contribution in [0.25, 0.3) is 0 Å². The molecular formula is C9H24N2O3Si. The van der Waals surface area contributed by atoms with Crippen LogP contribution in [0, 0.1) is 0 Å². The lowest BCUT2D eigenvalue weighted by Gasteiger charge is -2.34. The molecular weight excluding hydrogens is 212 g/mol. The Hall–Kier alpha value is 0.0169. The Labute approximate surface area is 93.4 Å². The van der Waals surface area contributed by atoms with Crippen LogP contribution in [0.1, 0.15) is 27.7 Å². The van der Waals surface area contributed by atoms with Gasteiger partial charge in [-0.25, -0.2) is 0 Å². The largest absolute Gasteiger partial charge is 0.520 e. The highest BCUT2D eigenvalue weighted by Crippen LogP contribution is 2.15. The summed E-state index contributed by atoms with van der Waals surface area (Å²) in [5, 5.41) is 0. The molecule has 0 aromatic heterocycles. The van der Waals surface area contributed by atoms with Crippen LogP contribution in [0.15, 0.2) is 0 Å². The lowest BCUT2D eigenvalue weighted by atomic mass is 10.4. The Kier molecular flexibility index (Phi) is 7.32. The summed E-state index contributed by atoms with van der Waals surface area (Å²) >= 11 is 0. The Morgan fingerprint density at radius 2 is 1.27 bits per heavy atom. The minimum Gasteiger partial charge on any atom is -0.373 e. The topological polar surface area (TPSA) is 79.7 Å². The number of rotatable bonds is 8. The zero-order valence-corrected chi connectivity index (χ0v) is 11.2. The Balaban J connectivity index is 4.73. The molecule has 0 aromatic rings. The van der Waals surface area contributed by atoms with E-state index in [0.717, 1.165) is 0 Å². The molecule has 0 saturated carbocycles. The van der Waals surface area contributed by atoms with Crippen LogP contribution < -0.4 is 11.5 Å². The second-order valence-electron chi connectivity index (χ2n) is 3.29. The average molecular weight is 236 g/mol. The number of hydrogen-bond donors (Lipinski definition) is 2. The van der Waals surface area contributed by atoms with E-state index >= 15 is 0 Å². The van der Waals surface area contributed by atoms with E-state index in [1.807, 2.05) is 27.7 Å². The van der Waals surface area contributed by atoms with Crippen molar-refractivity contribution in [1.29, 1.82) is 0 Å². The van der Waals surface area contributed by atoms with Gasteiger partial charge in [0.25, 0.3) is 0 Å². The van der Waals surface area contributed by atoms with Crippen molar-refractivity contribution in [2.75, 3.05) is 19.8 Å². The predicted octanol–water partition coefficient (Wildman–Crippen LogP) is 0.249. The molecule has 0 bridgehead atoms. The third-order valence-electron chi connectivity index (χ3n) is 2.01. The van der Waals surface area contributed by atoms with Crippen molar-refractivity contribution >= 4 is 8.80 Å². The highest BCUT2D eigenvalue weighted by atomic mass is 28.4. The van der Waals surface area contributed by atoms with Gasteiger partial charge in [-0.1, -0.05) is 0 Å². The van der Waals surface area contributed by atoms with Crippen LogP contribution in [0.4, 0.5) is 0 Å². The lowest BCUT2D eigenvalue weighted by Crippen LogP contribution is -2.66. The van der Waals surface area contributed by atoms with Gasteiger partial charge in [0.05, 0.1) is 5.67 Å². The highest BCUT2D eigenvalue weighted by molar-refractivity contribution is 6.62. The van der Waals surface area contributed by atoms with Gasteiger partial charge in [-0.3, -0.25) is 0 Å². The Morgan fingerprint density at radius 3 is 1.47 bits per heavy atom. The molecule has 2 atom stereocenters. The van der Waals surface area contributed by atoms with Gasteiger partial charge in [-0.05, 0) is 27.7 Å². The first-order chi connectivity index (χ1) is 7.04. The molecule has 0 aliphatic carbocycles. The number of hydrogen-bond acceptors (Lipinski definition) is 5. The molecule has 15 heavy (non-hydrogen) atoms. The first-order valence-corrected chi connectivity index (χ1v) is 7.27. The van der Waals surface area contributed by atoms with Gasteiger partial charge in [0, 0.05) is 25.9 Å². The van der Waals surface area contributed by atoms with Gasteiger partial charge in [0.2, 0.25) is 0 Å². The third kappa shape index (κ3) is 4.18. The van der Waals surface area contributed by atoms with Crippen LogP contribution in [0.2, 0.25) is 0 Å². The van der Waals surface area contributed by atoms with E-state index in [1.165, 1.54) is 0 Å². The molecule has 4 N–H and O–H groups in total. The third-order valence-corrected chi connectivity index (χ3v) is 5.43.